The van der Waals surface area contributed by atoms with Crippen LogP contribution >= 0.6 is 0 Å². The highest BCUT2D eigenvalue weighted by molar-refractivity contribution is 4.77. The molecule has 0 heterocycles. The average Bonchev–Trinajstić information content (AvgIpc) is 1.65. The van der Waals surface area contributed by atoms with Crippen molar-refractivity contribution in [2.45, 2.75) is 6.92 Å². The van der Waals surface area contributed by atoms with Crippen LogP contribution in [0.2, 0.25) is 0 Å². The first kappa shape index (κ1) is 6.89. The lowest BCUT2D eigenvalue weighted by Crippen LogP contribution is -2.08. The van der Waals surface area contributed by atoms with E-state index in [0.717, 1.165) is 0 Å². The van der Waals surface area contributed by atoms with Gasteiger partial charge in [0.25, 0.3) is 0 Å². The van der Waals surface area contributed by atoms with Crippen molar-refractivity contribution in [3.63, 3.8) is 0 Å². The molecule has 0 bridgehead atoms. The zero-order chi connectivity index (χ0) is 6.57. The Labute approximate surface area is 46.9 Å². The maximum atomic E-state index is 9.62. The van der Waals surface area contributed by atoms with Crippen molar-refractivity contribution in [1.82, 2.24) is 0 Å². The molecule has 0 aromatic carbocycles. The molecule has 44 valence electrons. The van der Waals surface area contributed by atoms with Crippen LogP contribution in [0, 0.1) is 27.4 Å². The topological polar surface area (TPSA) is 66.9 Å². The third-order valence-electron chi connectivity index (χ3n) is 0.643. The van der Waals surface area contributed by atoms with Crippen molar-refractivity contribution in [3.8, 4) is 6.07 Å². The lowest BCUT2D eigenvalue weighted by molar-refractivity contribution is -0.484. The molecule has 0 aliphatic heterocycles. The molecule has 4 heteroatoms. The molecule has 8 heavy (non-hydrogen) atoms. The predicted molar refractivity (Wildman–Crippen MR) is 26.6 cm³/mol. The predicted octanol–water partition coefficient (Wildman–Crippen LogP) is 0.423. The first-order valence-corrected chi connectivity index (χ1v) is 2.18. The maximum Gasteiger partial charge on any atom is 0.219 e. The van der Waals surface area contributed by atoms with Crippen molar-refractivity contribution in [2.75, 3.05) is 6.54 Å². The van der Waals surface area contributed by atoms with Crippen LogP contribution in [0.5, 0.6) is 0 Å². The van der Waals surface area contributed by atoms with Crippen LogP contribution in [0.3, 0.4) is 0 Å². The molecule has 0 N–H and O–H groups in total. The van der Waals surface area contributed by atoms with Crippen molar-refractivity contribution >= 4 is 0 Å². The lowest BCUT2D eigenvalue weighted by atomic mass is 10.2. The molecule has 0 aliphatic carbocycles. The number of hydrogen-bond donors (Lipinski definition) is 0. The van der Waals surface area contributed by atoms with Crippen LogP contribution in [0.25, 0.3) is 0 Å². The lowest BCUT2D eigenvalue weighted by Gasteiger charge is -1.89. The first-order chi connectivity index (χ1) is 3.66. The second-order valence-electron chi connectivity index (χ2n) is 1.55. The molecule has 0 amide bonds. The molecule has 0 rings (SSSR count). The van der Waals surface area contributed by atoms with Crippen molar-refractivity contribution < 1.29 is 4.92 Å². The molecule has 0 aromatic rings. The summed E-state index contributed by atoms with van der Waals surface area (Å²) in [7, 11) is 0. The van der Waals surface area contributed by atoms with Gasteiger partial charge >= 0.3 is 0 Å². The molecular formula is C4H6N2O2. The van der Waals surface area contributed by atoms with Gasteiger partial charge in [0.05, 0.1) is 6.07 Å². The second kappa shape index (κ2) is 2.97. The highest BCUT2D eigenvalue weighted by atomic mass is 16.6. The molecular weight excluding hydrogens is 108 g/mol. The van der Waals surface area contributed by atoms with E-state index in [1.165, 1.54) is 6.92 Å². The molecule has 1 unspecified atom stereocenters. The van der Waals surface area contributed by atoms with Gasteiger partial charge in [-0.25, -0.2) is 0 Å². The summed E-state index contributed by atoms with van der Waals surface area (Å²) in [6, 6.07) is 1.75. The summed E-state index contributed by atoms with van der Waals surface area (Å²) >= 11 is 0. The Hall–Kier alpha value is -1.11. The Balaban J connectivity index is 3.43. The van der Waals surface area contributed by atoms with Gasteiger partial charge in [0, 0.05) is 4.92 Å². The normalized spacial score (nSPS) is 12.0. The maximum absolute atomic E-state index is 9.62. The Morgan fingerprint density at radius 2 is 2.50 bits per heavy atom. The van der Waals surface area contributed by atoms with Crippen LogP contribution in [0.15, 0.2) is 0 Å². The molecule has 0 saturated heterocycles. The summed E-state index contributed by atoms with van der Waals surface area (Å²) in [6.07, 6.45) is 0. The van der Waals surface area contributed by atoms with Gasteiger partial charge in [0.2, 0.25) is 6.54 Å². The highest BCUT2D eigenvalue weighted by Gasteiger charge is 2.05. The quantitative estimate of drug-likeness (QED) is 0.386. The monoisotopic (exact) mass is 114 g/mol. The number of rotatable bonds is 2. The van der Waals surface area contributed by atoms with E-state index in [2.05, 4.69) is 0 Å². The van der Waals surface area contributed by atoms with E-state index in [4.69, 9.17) is 5.26 Å². The molecule has 1 atom stereocenters. The Morgan fingerprint density at radius 1 is 2.00 bits per heavy atom. The van der Waals surface area contributed by atoms with Gasteiger partial charge in [-0.1, -0.05) is 0 Å². The van der Waals surface area contributed by atoms with Gasteiger partial charge in [0.15, 0.2) is 0 Å². The smallest absolute Gasteiger partial charge is 0.219 e. The standard InChI is InChI=1S/C4H6N2O2/c1-4(2-5)3-6(7)8/h4H,3H2,1H3. The van der Waals surface area contributed by atoms with Crippen LogP contribution in [0.1, 0.15) is 6.92 Å². The summed E-state index contributed by atoms with van der Waals surface area (Å²) in [4.78, 5) is 9.13. The summed E-state index contributed by atoms with van der Waals surface area (Å²) in [5, 5.41) is 17.7. The number of nitro groups is 1. The van der Waals surface area contributed by atoms with Gasteiger partial charge in [-0.2, -0.15) is 5.26 Å². The molecule has 0 aromatic heterocycles. The zero-order valence-corrected chi connectivity index (χ0v) is 4.50. The van der Waals surface area contributed by atoms with Crippen LogP contribution in [-0.2, 0) is 0 Å². The summed E-state index contributed by atoms with van der Waals surface area (Å²) in [6.45, 7) is 1.26. The van der Waals surface area contributed by atoms with Crippen LogP contribution in [0.4, 0.5) is 0 Å². The minimum Gasteiger partial charge on any atom is -0.264 e. The van der Waals surface area contributed by atoms with E-state index in [0.29, 0.717) is 0 Å². The minimum absolute atomic E-state index is 0.253. The Bertz CT molecular complexity index is 126. The van der Waals surface area contributed by atoms with Crippen molar-refractivity contribution in [1.29, 1.82) is 5.26 Å². The van der Waals surface area contributed by atoms with Gasteiger partial charge in [-0.15, -0.1) is 0 Å². The molecule has 0 spiro atoms. The van der Waals surface area contributed by atoms with E-state index in [1.807, 2.05) is 0 Å². The van der Waals surface area contributed by atoms with E-state index in [9.17, 15) is 10.1 Å². The van der Waals surface area contributed by atoms with Crippen molar-refractivity contribution in [3.05, 3.63) is 10.1 Å². The highest BCUT2D eigenvalue weighted by Crippen LogP contribution is 1.89. The minimum atomic E-state index is -0.492. The van der Waals surface area contributed by atoms with Gasteiger partial charge < -0.3 is 0 Å². The fraction of sp³-hybridized carbons (Fsp3) is 0.750. The largest absolute Gasteiger partial charge is 0.264 e. The van der Waals surface area contributed by atoms with Crippen LogP contribution in [-0.4, -0.2) is 11.5 Å². The third kappa shape index (κ3) is 3.09. The van der Waals surface area contributed by atoms with Gasteiger partial charge in [-0.05, 0) is 6.92 Å². The van der Waals surface area contributed by atoms with E-state index >= 15 is 0 Å². The first-order valence-electron chi connectivity index (χ1n) is 2.18. The number of nitriles is 1. The van der Waals surface area contributed by atoms with Crippen LogP contribution < -0.4 is 0 Å². The SMILES string of the molecule is CC(C#N)C[N+](=O)[O-]. The number of nitrogens with zero attached hydrogens (tertiary/aromatic N) is 2. The summed E-state index contributed by atoms with van der Waals surface area (Å²) < 4.78 is 0. The zero-order valence-electron chi connectivity index (χ0n) is 4.50. The molecule has 0 fully saturated rings. The average molecular weight is 114 g/mol. The fourth-order valence-electron chi connectivity index (χ4n) is 0.264. The van der Waals surface area contributed by atoms with Gasteiger partial charge in [-0.3, -0.25) is 10.1 Å². The molecule has 0 saturated carbocycles. The van der Waals surface area contributed by atoms with E-state index in [-0.39, 0.29) is 6.54 Å². The van der Waals surface area contributed by atoms with Crippen molar-refractivity contribution in [2.24, 2.45) is 5.92 Å². The molecule has 0 aliphatic rings. The third-order valence-corrected chi connectivity index (χ3v) is 0.643. The molecule has 0 radical (unpaired) electrons. The summed E-state index contributed by atoms with van der Waals surface area (Å²) in [5.74, 6) is -0.468. The van der Waals surface area contributed by atoms with E-state index in [1.54, 1.807) is 6.07 Å². The second-order valence-corrected chi connectivity index (χ2v) is 1.55. The Morgan fingerprint density at radius 3 is 2.62 bits per heavy atom. The van der Waals surface area contributed by atoms with E-state index < -0.39 is 10.8 Å². The number of hydrogen-bond acceptors (Lipinski definition) is 3. The van der Waals surface area contributed by atoms with Gasteiger partial charge in [0.1, 0.15) is 5.92 Å². The Kier molecular flexibility index (Phi) is 2.56. The summed E-state index contributed by atoms with van der Waals surface area (Å²) in [5.41, 5.74) is 0. The molecule has 4 nitrogen and oxygen atoms in total. The fourth-order valence-corrected chi connectivity index (χ4v) is 0.264.